The zero-order valence-corrected chi connectivity index (χ0v) is 22.7. The monoisotopic (exact) mass is 531 g/mol. The van der Waals surface area contributed by atoms with E-state index in [1.165, 1.54) is 6.92 Å². The van der Waals surface area contributed by atoms with E-state index in [-0.39, 0.29) is 24.7 Å². The molecule has 0 aliphatic heterocycles. The van der Waals surface area contributed by atoms with E-state index in [4.69, 9.17) is 5.73 Å². The van der Waals surface area contributed by atoms with Crippen molar-refractivity contribution in [2.75, 3.05) is 0 Å². The molecular formula is C27H41N5O6. The predicted octanol–water partition coefficient (Wildman–Crippen LogP) is 1.05. The second-order valence-electron chi connectivity index (χ2n) is 10.6. The minimum Gasteiger partial charge on any atom is -0.480 e. The van der Waals surface area contributed by atoms with Gasteiger partial charge in [0.25, 0.3) is 0 Å². The summed E-state index contributed by atoms with van der Waals surface area (Å²) in [5.74, 6) is -3.13. The fraction of sp³-hybridized carbons (Fsp3) is 0.556. The van der Waals surface area contributed by atoms with Crippen molar-refractivity contribution in [2.24, 2.45) is 17.6 Å². The first-order chi connectivity index (χ1) is 17.8. The smallest absolute Gasteiger partial charge is 0.326 e. The molecule has 5 unspecified atom stereocenters. The number of carbonyl (C=O) groups excluding carboxylic acids is 3. The van der Waals surface area contributed by atoms with Gasteiger partial charge in [-0.3, -0.25) is 14.4 Å². The summed E-state index contributed by atoms with van der Waals surface area (Å²) in [5.41, 5.74) is 7.66. The summed E-state index contributed by atoms with van der Waals surface area (Å²) >= 11 is 0. The number of nitrogens with one attached hydrogen (secondary N) is 4. The van der Waals surface area contributed by atoms with E-state index in [2.05, 4.69) is 20.9 Å². The Balaban J connectivity index is 2.28. The van der Waals surface area contributed by atoms with Crippen LogP contribution in [0.3, 0.4) is 0 Å². The number of benzene rings is 1. The molecule has 0 spiro atoms. The molecule has 2 rings (SSSR count). The van der Waals surface area contributed by atoms with Crippen LogP contribution in [-0.4, -0.2) is 69.2 Å². The fourth-order valence-corrected chi connectivity index (χ4v) is 4.24. The van der Waals surface area contributed by atoms with E-state index in [1.807, 2.05) is 52.0 Å². The van der Waals surface area contributed by atoms with Crippen LogP contribution >= 0.6 is 0 Å². The Labute approximate surface area is 222 Å². The summed E-state index contributed by atoms with van der Waals surface area (Å²) in [4.78, 5) is 53.9. The van der Waals surface area contributed by atoms with Crippen LogP contribution in [0.4, 0.5) is 0 Å². The summed E-state index contributed by atoms with van der Waals surface area (Å²) in [6.45, 7) is 8.81. The van der Waals surface area contributed by atoms with Gasteiger partial charge in [0, 0.05) is 23.5 Å². The number of aromatic nitrogens is 1. The number of aliphatic carboxylic acids is 1. The molecule has 0 bridgehead atoms. The first-order valence-electron chi connectivity index (χ1n) is 12.9. The number of fused-ring (bicyclic) bond motifs is 1. The lowest BCUT2D eigenvalue weighted by Gasteiger charge is -2.27. The Morgan fingerprint density at radius 3 is 2.05 bits per heavy atom. The number of aliphatic hydroxyl groups excluding tert-OH is 1. The molecule has 1 heterocycles. The third-order valence-electron chi connectivity index (χ3n) is 6.18. The molecule has 0 saturated heterocycles. The highest BCUT2D eigenvalue weighted by Crippen LogP contribution is 2.19. The molecule has 5 atom stereocenters. The van der Waals surface area contributed by atoms with Crippen molar-refractivity contribution in [1.82, 2.24) is 20.9 Å². The number of carboxylic acid groups (broad SMARTS) is 1. The number of rotatable bonds is 14. The van der Waals surface area contributed by atoms with Crippen LogP contribution in [0.1, 0.15) is 53.0 Å². The third-order valence-corrected chi connectivity index (χ3v) is 6.18. The zero-order valence-electron chi connectivity index (χ0n) is 22.7. The molecule has 0 aliphatic carbocycles. The van der Waals surface area contributed by atoms with Gasteiger partial charge in [-0.25, -0.2) is 4.79 Å². The Morgan fingerprint density at radius 1 is 0.868 bits per heavy atom. The number of carbonyl (C=O) groups is 4. The van der Waals surface area contributed by atoms with Crippen molar-refractivity contribution in [2.45, 2.75) is 84.2 Å². The summed E-state index contributed by atoms with van der Waals surface area (Å²) in [6.07, 6.45) is 1.09. The normalized spacial score (nSPS) is 15.5. The molecule has 2 aromatic rings. The Hall–Kier alpha value is -3.44. The van der Waals surface area contributed by atoms with Gasteiger partial charge in [0.15, 0.2) is 0 Å². The maximum absolute atomic E-state index is 13.4. The van der Waals surface area contributed by atoms with Crippen molar-refractivity contribution in [3.63, 3.8) is 0 Å². The molecular weight excluding hydrogens is 490 g/mol. The van der Waals surface area contributed by atoms with E-state index >= 15 is 0 Å². The lowest BCUT2D eigenvalue weighted by molar-refractivity contribution is -0.143. The molecule has 3 amide bonds. The Morgan fingerprint density at radius 2 is 1.47 bits per heavy atom. The van der Waals surface area contributed by atoms with Crippen molar-refractivity contribution in [3.05, 3.63) is 36.0 Å². The van der Waals surface area contributed by atoms with Gasteiger partial charge >= 0.3 is 5.97 Å². The number of H-pyrrole nitrogens is 1. The van der Waals surface area contributed by atoms with Gasteiger partial charge in [-0.15, -0.1) is 0 Å². The molecule has 0 fully saturated rings. The van der Waals surface area contributed by atoms with E-state index in [0.717, 1.165) is 16.5 Å². The number of nitrogens with two attached hydrogens (primary N) is 1. The predicted molar refractivity (Wildman–Crippen MR) is 144 cm³/mol. The third kappa shape index (κ3) is 8.84. The summed E-state index contributed by atoms with van der Waals surface area (Å²) in [5, 5.41) is 28.2. The molecule has 38 heavy (non-hydrogen) atoms. The second kappa shape index (κ2) is 13.9. The van der Waals surface area contributed by atoms with Crippen LogP contribution in [0.2, 0.25) is 0 Å². The fourth-order valence-electron chi connectivity index (χ4n) is 4.24. The number of aromatic amines is 1. The average Bonchev–Trinajstić information content (AvgIpc) is 3.23. The average molecular weight is 532 g/mol. The largest absolute Gasteiger partial charge is 0.480 e. The molecule has 11 heteroatoms. The van der Waals surface area contributed by atoms with Gasteiger partial charge in [-0.2, -0.15) is 0 Å². The topological polar surface area (TPSA) is 187 Å². The highest BCUT2D eigenvalue weighted by Gasteiger charge is 2.33. The van der Waals surface area contributed by atoms with Gasteiger partial charge < -0.3 is 36.9 Å². The van der Waals surface area contributed by atoms with Crippen molar-refractivity contribution in [1.29, 1.82) is 0 Å². The van der Waals surface area contributed by atoms with E-state index < -0.39 is 54.0 Å². The van der Waals surface area contributed by atoms with Crippen LogP contribution < -0.4 is 21.7 Å². The Kier molecular flexibility index (Phi) is 11.3. The molecule has 0 saturated carbocycles. The van der Waals surface area contributed by atoms with E-state index in [1.54, 1.807) is 6.20 Å². The van der Waals surface area contributed by atoms with Gasteiger partial charge in [-0.05, 0) is 43.2 Å². The number of hydrogen-bond acceptors (Lipinski definition) is 6. The molecule has 1 aromatic carbocycles. The minimum absolute atomic E-state index is 0.0122. The first-order valence-corrected chi connectivity index (χ1v) is 12.9. The van der Waals surface area contributed by atoms with Crippen molar-refractivity contribution >= 4 is 34.6 Å². The summed E-state index contributed by atoms with van der Waals surface area (Å²) in [6, 6.07) is 2.92. The van der Waals surface area contributed by atoms with E-state index in [0.29, 0.717) is 6.42 Å². The summed E-state index contributed by atoms with van der Waals surface area (Å²) in [7, 11) is 0. The standard InChI is InChI=1S/C27H41N5O6/c1-14(2)10-19(28)24(34)30-21(12-17-13-29-20-9-7-6-8-18(17)20)25(35)32-23(16(5)33)26(36)31-22(27(37)38)11-15(3)4/h6-9,13-16,19,21-23,29,33H,10-12,28H2,1-5H3,(H,30,34)(H,31,36)(H,32,35)(H,37,38). The minimum atomic E-state index is -1.44. The Bertz CT molecular complexity index is 1110. The quantitative estimate of drug-likeness (QED) is 0.190. The van der Waals surface area contributed by atoms with Gasteiger partial charge in [0.1, 0.15) is 18.1 Å². The van der Waals surface area contributed by atoms with Crippen LogP contribution in [-0.2, 0) is 25.6 Å². The van der Waals surface area contributed by atoms with Crippen molar-refractivity contribution in [3.8, 4) is 0 Å². The lowest BCUT2D eigenvalue weighted by atomic mass is 10.0. The number of amides is 3. The van der Waals surface area contributed by atoms with Crippen LogP contribution in [0.5, 0.6) is 0 Å². The molecule has 210 valence electrons. The number of hydrogen-bond donors (Lipinski definition) is 7. The van der Waals surface area contributed by atoms with Gasteiger partial charge in [0.2, 0.25) is 17.7 Å². The second-order valence-corrected chi connectivity index (χ2v) is 10.6. The van der Waals surface area contributed by atoms with Crippen LogP contribution in [0.15, 0.2) is 30.5 Å². The summed E-state index contributed by atoms with van der Waals surface area (Å²) < 4.78 is 0. The molecule has 0 radical (unpaired) electrons. The first kappa shape index (κ1) is 30.8. The SMILES string of the molecule is CC(C)CC(N)C(=O)NC(Cc1c[nH]c2ccccc12)C(=O)NC(C(=O)NC(CC(C)C)C(=O)O)C(C)O. The maximum atomic E-state index is 13.4. The molecule has 11 nitrogen and oxygen atoms in total. The zero-order chi connectivity index (χ0) is 28.6. The number of carboxylic acids is 1. The molecule has 1 aromatic heterocycles. The number of aliphatic hydroxyl groups is 1. The number of para-hydroxylation sites is 1. The maximum Gasteiger partial charge on any atom is 0.326 e. The van der Waals surface area contributed by atoms with Crippen molar-refractivity contribution < 1.29 is 29.4 Å². The molecule has 0 aliphatic rings. The highest BCUT2D eigenvalue weighted by molar-refractivity contribution is 5.95. The van der Waals surface area contributed by atoms with Gasteiger partial charge in [-0.1, -0.05) is 45.9 Å². The lowest BCUT2D eigenvalue weighted by Crippen LogP contribution is -2.60. The van der Waals surface area contributed by atoms with Crippen LogP contribution in [0.25, 0.3) is 10.9 Å². The van der Waals surface area contributed by atoms with Crippen LogP contribution in [0, 0.1) is 11.8 Å². The van der Waals surface area contributed by atoms with E-state index in [9.17, 15) is 29.4 Å². The highest BCUT2D eigenvalue weighted by atomic mass is 16.4. The van der Waals surface area contributed by atoms with Gasteiger partial charge in [0.05, 0.1) is 12.1 Å². The molecule has 8 N–H and O–H groups in total.